The van der Waals surface area contributed by atoms with Crippen LogP contribution in [0.5, 0.6) is 11.5 Å². The predicted molar refractivity (Wildman–Crippen MR) is 108 cm³/mol. The highest BCUT2D eigenvalue weighted by molar-refractivity contribution is 6.32. The first-order valence-electron chi connectivity index (χ1n) is 9.24. The smallest absolute Gasteiger partial charge is 0.416 e. The molecule has 168 valence electrons. The van der Waals surface area contributed by atoms with Gasteiger partial charge in [-0.2, -0.15) is 13.2 Å². The zero-order chi connectivity index (χ0) is 23.2. The quantitative estimate of drug-likeness (QED) is 0.268. The van der Waals surface area contributed by atoms with Gasteiger partial charge in [0.1, 0.15) is 17.2 Å². The largest absolute Gasteiger partial charge is 0.456 e. The topological polar surface area (TPSA) is 90.7 Å². The highest BCUT2D eigenvalue weighted by Crippen LogP contribution is 2.39. The zero-order valence-corrected chi connectivity index (χ0v) is 17.5. The van der Waals surface area contributed by atoms with Crippen LogP contribution < -0.4 is 10.1 Å². The molecule has 2 aromatic carbocycles. The Labute approximate surface area is 181 Å². The predicted octanol–water partition coefficient (Wildman–Crippen LogP) is 6.33. The number of hydrogen-bond donors (Lipinski definition) is 1. The van der Waals surface area contributed by atoms with Crippen molar-refractivity contribution in [1.82, 2.24) is 0 Å². The van der Waals surface area contributed by atoms with Gasteiger partial charge in [0, 0.05) is 19.6 Å². The maximum atomic E-state index is 12.8. The van der Waals surface area contributed by atoms with Crippen LogP contribution >= 0.6 is 11.6 Å². The minimum atomic E-state index is -4.57. The normalized spacial score (nSPS) is 11.3. The van der Waals surface area contributed by atoms with Crippen molar-refractivity contribution in [2.24, 2.45) is 0 Å². The summed E-state index contributed by atoms with van der Waals surface area (Å²) in [7, 11) is 0. The van der Waals surface area contributed by atoms with Gasteiger partial charge in [-0.05, 0) is 30.7 Å². The Morgan fingerprint density at radius 3 is 2.52 bits per heavy atom. The molecule has 0 spiro atoms. The van der Waals surface area contributed by atoms with Gasteiger partial charge in [-0.15, -0.1) is 0 Å². The summed E-state index contributed by atoms with van der Waals surface area (Å²) in [6, 6.07) is 5.08. The first-order valence-corrected chi connectivity index (χ1v) is 9.62. The number of hydrogen-bond acceptors (Lipinski definition) is 5. The molecule has 1 N–H and O–H groups in total. The van der Waals surface area contributed by atoms with Crippen LogP contribution in [0.2, 0.25) is 5.02 Å². The third-order valence-corrected chi connectivity index (χ3v) is 4.34. The maximum absolute atomic E-state index is 12.8. The molecule has 0 unspecified atom stereocenters. The van der Waals surface area contributed by atoms with Gasteiger partial charge >= 0.3 is 6.18 Å². The van der Waals surface area contributed by atoms with Crippen molar-refractivity contribution in [2.45, 2.75) is 39.5 Å². The number of benzene rings is 2. The summed E-state index contributed by atoms with van der Waals surface area (Å²) in [5.41, 5.74) is -1.31. The highest BCUT2D eigenvalue weighted by atomic mass is 35.5. The Hall–Kier alpha value is -2.85. The van der Waals surface area contributed by atoms with Crippen LogP contribution in [-0.4, -0.2) is 17.4 Å². The number of halogens is 4. The molecule has 0 radical (unpaired) electrons. The fraction of sp³-hybridized carbons (Fsp3) is 0.350. The molecule has 0 atom stereocenters. The van der Waals surface area contributed by atoms with Crippen LogP contribution in [0.25, 0.3) is 0 Å². The second-order valence-corrected chi connectivity index (χ2v) is 6.98. The van der Waals surface area contributed by atoms with Crippen LogP contribution in [0, 0.1) is 10.1 Å². The molecule has 0 heterocycles. The fourth-order valence-electron chi connectivity index (χ4n) is 2.65. The first kappa shape index (κ1) is 24.4. The van der Waals surface area contributed by atoms with Crippen molar-refractivity contribution in [3.8, 4) is 11.5 Å². The number of nitrogens with zero attached hydrogens (tertiary/aromatic N) is 1. The van der Waals surface area contributed by atoms with Gasteiger partial charge in [0.25, 0.3) is 5.69 Å². The molecule has 0 aliphatic carbocycles. The average Bonchev–Trinajstić information content (AvgIpc) is 2.65. The number of nitrogens with one attached hydrogen (secondary N) is 1. The van der Waals surface area contributed by atoms with E-state index in [1.807, 2.05) is 6.92 Å². The Balaban J connectivity index is 2.44. The van der Waals surface area contributed by atoms with E-state index in [0.717, 1.165) is 25.0 Å². The summed E-state index contributed by atoms with van der Waals surface area (Å²) in [5, 5.41) is 13.7. The van der Waals surface area contributed by atoms with E-state index in [4.69, 9.17) is 21.1 Å². The number of unbranched alkanes of at least 4 members (excludes halogenated alkanes) is 1. The standard InChI is InChI=1S/C20H20ClF3N2O5/c1-3-4-7-30-11-13-8-15(10-17(25-12(2)27)19(13)26(28)29)31-18-6-5-14(9-16(18)21)20(22,23)24/h5-6,8-10H,3-4,7,11H2,1-2H3,(H,25,27). The lowest BCUT2D eigenvalue weighted by atomic mass is 10.1. The van der Waals surface area contributed by atoms with E-state index in [2.05, 4.69) is 5.32 Å². The van der Waals surface area contributed by atoms with E-state index in [9.17, 15) is 28.1 Å². The molecule has 2 rings (SSSR count). The molecule has 0 saturated heterocycles. The van der Waals surface area contributed by atoms with Gasteiger partial charge in [0.2, 0.25) is 5.91 Å². The number of carbonyl (C=O) groups is 1. The third kappa shape index (κ3) is 6.83. The van der Waals surface area contributed by atoms with Gasteiger partial charge in [-0.1, -0.05) is 24.9 Å². The minimum absolute atomic E-state index is 0.0325. The van der Waals surface area contributed by atoms with Crippen LogP contribution in [0.15, 0.2) is 30.3 Å². The maximum Gasteiger partial charge on any atom is 0.416 e. The number of amides is 1. The molecule has 2 aromatic rings. The Kier molecular flexibility index (Phi) is 8.23. The van der Waals surface area contributed by atoms with E-state index in [1.54, 1.807) is 0 Å². The lowest BCUT2D eigenvalue weighted by molar-refractivity contribution is -0.385. The first-order chi connectivity index (χ1) is 14.5. The van der Waals surface area contributed by atoms with Crippen LogP contribution in [0.4, 0.5) is 24.5 Å². The molecule has 0 fully saturated rings. The molecule has 0 aromatic heterocycles. The number of alkyl halides is 3. The number of ether oxygens (including phenoxy) is 2. The zero-order valence-electron chi connectivity index (χ0n) is 16.7. The molecular formula is C20H20ClF3N2O5. The molecule has 11 heteroatoms. The monoisotopic (exact) mass is 460 g/mol. The van der Waals surface area contributed by atoms with E-state index in [-0.39, 0.29) is 40.1 Å². The van der Waals surface area contributed by atoms with Gasteiger partial charge < -0.3 is 14.8 Å². The number of anilines is 1. The second kappa shape index (κ2) is 10.5. The molecule has 0 bridgehead atoms. The summed E-state index contributed by atoms with van der Waals surface area (Å²) in [6.07, 6.45) is -2.95. The summed E-state index contributed by atoms with van der Waals surface area (Å²) >= 11 is 5.92. The van der Waals surface area contributed by atoms with Crippen molar-refractivity contribution in [2.75, 3.05) is 11.9 Å². The van der Waals surface area contributed by atoms with E-state index in [0.29, 0.717) is 12.7 Å². The number of nitro groups is 1. The molecule has 0 saturated carbocycles. The van der Waals surface area contributed by atoms with E-state index >= 15 is 0 Å². The lowest BCUT2D eigenvalue weighted by Crippen LogP contribution is -2.10. The van der Waals surface area contributed by atoms with Crippen molar-refractivity contribution in [1.29, 1.82) is 0 Å². The Morgan fingerprint density at radius 2 is 1.97 bits per heavy atom. The fourth-order valence-corrected chi connectivity index (χ4v) is 2.87. The van der Waals surface area contributed by atoms with Crippen molar-refractivity contribution in [3.05, 3.63) is 56.6 Å². The summed E-state index contributed by atoms with van der Waals surface area (Å²) in [4.78, 5) is 22.5. The summed E-state index contributed by atoms with van der Waals surface area (Å²) in [6.45, 7) is 3.39. The molecule has 7 nitrogen and oxygen atoms in total. The summed E-state index contributed by atoms with van der Waals surface area (Å²) < 4.78 is 49.5. The number of nitro benzene ring substituents is 1. The molecule has 0 aliphatic heterocycles. The third-order valence-electron chi connectivity index (χ3n) is 4.04. The average molecular weight is 461 g/mol. The van der Waals surface area contributed by atoms with Gasteiger partial charge in [0.15, 0.2) is 0 Å². The van der Waals surface area contributed by atoms with E-state index < -0.39 is 22.6 Å². The molecule has 31 heavy (non-hydrogen) atoms. The second-order valence-electron chi connectivity index (χ2n) is 6.57. The Morgan fingerprint density at radius 1 is 1.26 bits per heavy atom. The number of carbonyl (C=O) groups excluding carboxylic acids is 1. The highest BCUT2D eigenvalue weighted by Gasteiger charge is 2.31. The minimum Gasteiger partial charge on any atom is -0.456 e. The van der Waals surface area contributed by atoms with Gasteiger partial charge in [0.05, 0.1) is 27.7 Å². The van der Waals surface area contributed by atoms with Crippen LogP contribution in [-0.2, 0) is 22.3 Å². The van der Waals surface area contributed by atoms with Gasteiger partial charge in [-0.3, -0.25) is 14.9 Å². The molecular weight excluding hydrogens is 441 g/mol. The SMILES string of the molecule is CCCCOCc1cc(Oc2ccc(C(F)(F)F)cc2Cl)cc(NC(C)=O)c1[N+](=O)[O-]. The van der Waals surface area contributed by atoms with Gasteiger partial charge in [-0.25, -0.2) is 0 Å². The van der Waals surface area contributed by atoms with Crippen molar-refractivity contribution in [3.63, 3.8) is 0 Å². The Bertz CT molecular complexity index is 967. The van der Waals surface area contributed by atoms with Crippen molar-refractivity contribution < 1.29 is 32.4 Å². The van der Waals surface area contributed by atoms with Crippen molar-refractivity contribution >= 4 is 28.9 Å². The van der Waals surface area contributed by atoms with E-state index in [1.165, 1.54) is 19.1 Å². The molecule has 1 amide bonds. The molecule has 0 aliphatic rings. The van der Waals surface area contributed by atoms with Crippen LogP contribution in [0.3, 0.4) is 0 Å². The number of rotatable bonds is 9. The summed E-state index contributed by atoms with van der Waals surface area (Å²) in [5.74, 6) is -0.606. The lowest BCUT2D eigenvalue weighted by Gasteiger charge is -2.14. The van der Waals surface area contributed by atoms with Crippen LogP contribution in [0.1, 0.15) is 37.8 Å².